The second-order valence-corrected chi connectivity index (χ2v) is 4.64. The van der Waals surface area contributed by atoms with Crippen LogP contribution in [0, 0.1) is 0 Å². The Morgan fingerprint density at radius 2 is 2.11 bits per heavy atom. The Kier molecular flexibility index (Phi) is 6.22. The van der Waals surface area contributed by atoms with Crippen molar-refractivity contribution in [2.24, 2.45) is 0 Å². The predicted octanol–water partition coefficient (Wildman–Crippen LogP) is 3.64. The van der Waals surface area contributed by atoms with Crippen LogP contribution in [0.25, 0.3) is 6.08 Å². The molecule has 0 saturated carbocycles. The molecule has 18 heavy (non-hydrogen) atoms. The molecule has 0 aliphatic heterocycles. The van der Waals surface area contributed by atoms with E-state index in [2.05, 4.69) is 15.9 Å². The minimum atomic E-state index is 0.0735. The second kappa shape index (κ2) is 7.44. The summed E-state index contributed by atoms with van der Waals surface area (Å²) in [6.45, 7) is 4.60. The van der Waals surface area contributed by atoms with Gasteiger partial charge in [-0.25, -0.2) is 0 Å². The summed E-state index contributed by atoms with van der Waals surface area (Å²) in [6.07, 6.45) is 2.79. The van der Waals surface area contributed by atoms with E-state index in [1.807, 2.05) is 32.1 Å². The van der Waals surface area contributed by atoms with Crippen LogP contribution in [-0.4, -0.2) is 25.4 Å². The third-order valence-electron chi connectivity index (χ3n) is 2.56. The summed E-state index contributed by atoms with van der Waals surface area (Å²) in [6, 6.07) is 3.87. The van der Waals surface area contributed by atoms with E-state index < -0.39 is 0 Å². The van der Waals surface area contributed by atoms with Gasteiger partial charge in [0, 0.05) is 0 Å². The smallest absolute Gasteiger partial charge is 0.174 e. The summed E-state index contributed by atoms with van der Waals surface area (Å²) >= 11 is 3.47. The van der Waals surface area contributed by atoms with E-state index >= 15 is 0 Å². The summed E-state index contributed by atoms with van der Waals surface area (Å²) < 4.78 is 11.7. The van der Waals surface area contributed by atoms with Gasteiger partial charge in [-0.2, -0.15) is 0 Å². The molecule has 0 aromatic heterocycles. The van der Waals surface area contributed by atoms with Crippen molar-refractivity contribution in [1.82, 2.24) is 0 Å². The van der Waals surface area contributed by atoms with E-state index in [-0.39, 0.29) is 6.61 Å². The van der Waals surface area contributed by atoms with E-state index in [1.54, 1.807) is 7.11 Å². The molecular weight excluding hydrogens is 296 g/mol. The average molecular weight is 315 g/mol. The van der Waals surface area contributed by atoms with E-state index in [1.165, 1.54) is 0 Å². The van der Waals surface area contributed by atoms with Crippen molar-refractivity contribution in [3.05, 3.63) is 27.7 Å². The lowest BCUT2D eigenvalue weighted by atomic mass is 10.1. The Morgan fingerprint density at radius 3 is 2.61 bits per heavy atom. The lowest BCUT2D eigenvalue weighted by Gasteiger charge is -2.12. The van der Waals surface area contributed by atoms with Crippen molar-refractivity contribution in [3.63, 3.8) is 0 Å². The molecular formula is C14H19BrO3. The monoisotopic (exact) mass is 314 g/mol. The van der Waals surface area contributed by atoms with E-state index in [0.29, 0.717) is 18.1 Å². The van der Waals surface area contributed by atoms with Crippen LogP contribution in [0.5, 0.6) is 11.5 Å². The van der Waals surface area contributed by atoms with Crippen LogP contribution in [0.3, 0.4) is 0 Å². The first-order valence-corrected chi connectivity index (χ1v) is 6.76. The third-order valence-corrected chi connectivity index (χ3v) is 3.15. The largest absolute Gasteiger partial charge is 0.492 e. The number of aliphatic hydroxyl groups excluding tert-OH is 1. The van der Waals surface area contributed by atoms with Gasteiger partial charge in [-0.3, -0.25) is 0 Å². The molecule has 100 valence electrons. The van der Waals surface area contributed by atoms with Crippen LogP contribution in [-0.2, 0) is 0 Å². The fraction of sp³-hybridized carbons (Fsp3) is 0.429. The zero-order chi connectivity index (χ0) is 13.5. The molecule has 0 atom stereocenters. The van der Waals surface area contributed by atoms with Gasteiger partial charge in [0.25, 0.3) is 0 Å². The van der Waals surface area contributed by atoms with Crippen LogP contribution >= 0.6 is 15.9 Å². The predicted molar refractivity (Wildman–Crippen MR) is 77.2 cm³/mol. The van der Waals surface area contributed by atoms with Crippen molar-refractivity contribution >= 4 is 22.0 Å². The molecule has 3 nitrogen and oxygen atoms in total. The molecule has 0 aliphatic rings. The highest BCUT2D eigenvalue weighted by Gasteiger charge is 2.10. The van der Waals surface area contributed by atoms with Gasteiger partial charge >= 0.3 is 0 Å². The maximum Gasteiger partial charge on any atom is 0.174 e. The van der Waals surface area contributed by atoms with E-state index in [4.69, 9.17) is 9.47 Å². The first kappa shape index (κ1) is 15.1. The fourth-order valence-electron chi connectivity index (χ4n) is 1.63. The highest BCUT2D eigenvalue weighted by Crippen LogP contribution is 2.37. The minimum Gasteiger partial charge on any atom is -0.492 e. The number of ether oxygens (including phenoxy) is 2. The molecule has 0 heterocycles. The molecule has 1 rings (SSSR count). The number of hydrogen-bond acceptors (Lipinski definition) is 3. The normalized spacial score (nSPS) is 11.5. The van der Waals surface area contributed by atoms with E-state index in [9.17, 15) is 5.11 Å². The van der Waals surface area contributed by atoms with Crippen molar-refractivity contribution in [3.8, 4) is 11.5 Å². The molecule has 0 amide bonds. The molecule has 0 radical (unpaired) electrons. The zero-order valence-electron chi connectivity index (χ0n) is 11.0. The topological polar surface area (TPSA) is 38.7 Å². The number of methoxy groups -OCH3 is 1. The fourth-order valence-corrected chi connectivity index (χ4v) is 2.25. The van der Waals surface area contributed by atoms with Gasteiger partial charge in [0.15, 0.2) is 11.5 Å². The molecule has 0 bridgehead atoms. The maximum absolute atomic E-state index is 9.19. The van der Waals surface area contributed by atoms with Crippen LogP contribution in [0.15, 0.2) is 22.2 Å². The highest BCUT2D eigenvalue weighted by atomic mass is 79.9. The van der Waals surface area contributed by atoms with Crippen molar-refractivity contribution in [2.45, 2.75) is 20.3 Å². The molecule has 0 spiro atoms. The number of rotatable bonds is 6. The Balaban J connectivity index is 3.19. The van der Waals surface area contributed by atoms with Crippen LogP contribution in [0.1, 0.15) is 25.8 Å². The molecule has 1 aromatic carbocycles. The lowest BCUT2D eigenvalue weighted by Crippen LogP contribution is -1.97. The maximum atomic E-state index is 9.19. The second-order valence-electron chi connectivity index (χ2n) is 3.78. The molecule has 0 unspecified atom stereocenters. The first-order valence-electron chi connectivity index (χ1n) is 5.96. The van der Waals surface area contributed by atoms with Crippen LogP contribution in [0.2, 0.25) is 0 Å². The molecule has 1 aromatic rings. The molecule has 1 N–H and O–H groups in total. The Hall–Kier alpha value is -1.00. The lowest BCUT2D eigenvalue weighted by molar-refractivity contribution is 0.310. The standard InChI is InChI=1S/C14H19BrO3/c1-4-10(9-16)6-11-7-12(15)14(17-3)13(8-11)18-5-2/h6-8,16H,4-5,9H2,1-3H3. The van der Waals surface area contributed by atoms with Gasteiger partial charge < -0.3 is 14.6 Å². The Labute approximate surface area is 117 Å². The van der Waals surface area contributed by atoms with Crippen LogP contribution < -0.4 is 9.47 Å². The quantitative estimate of drug-likeness (QED) is 0.871. The summed E-state index contributed by atoms with van der Waals surface area (Å²) in [7, 11) is 1.61. The highest BCUT2D eigenvalue weighted by molar-refractivity contribution is 9.10. The molecule has 0 fully saturated rings. The third kappa shape index (κ3) is 3.75. The van der Waals surface area contributed by atoms with Crippen molar-refractivity contribution in [1.29, 1.82) is 0 Å². The summed E-state index contributed by atoms with van der Waals surface area (Å²) in [5.41, 5.74) is 1.96. The summed E-state index contributed by atoms with van der Waals surface area (Å²) in [5, 5.41) is 9.19. The Bertz CT molecular complexity index is 421. The molecule has 0 saturated heterocycles. The summed E-state index contributed by atoms with van der Waals surface area (Å²) in [4.78, 5) is 0. The number of hydrogen-bond donors (Lipinski definition) is 1. The number of halogens is 1. The SMILES string of the molecule is CCOc1cc(C=C(CC)CO)cc(Br)c1OC. The van der Waals surface area contributed by atoms with Gasteiger partial charge in [-0.15, -0.1) is 0 Å². The number of aliphatic hydroxyl groups is 1. The van der Waals surface area contributed by atoms with Gasteiger partial charge in [0.2, 0.25) is 0 Å². The average Bonchev–Trinajstić information content (AvgIpc) is 2.36. The van der Waals surface area contributed by atoms with Crippen LogP contribution in [0.4, 0.5) is 0 Å². The number of benzene rings is 1. The first-order chi connectivity index (χ1) is 8.65. The molecule has 0 aliphatic carbocycles. The summed E-state index contributed by atoms with van der Waals surface area (Å²) in [5.74, 6) is 1.39. The Morgan fingerprint density at radius 1 is 1.39 bits per heavy atom. The van der Waals surface area contributed by atoms with Gasteiger partial charge in [0.05, 0.1) is 24.8 Å². The van der Waals surface area contributed by atoms with Gasteiger partial charge in [-0.05, 0) is 52.5 Å². The van der Waals surface area contributed by atoms with Crippen molar-refractivity contribution < 1.29 is 14.6 Å². The zero-order valence-corrected chi connectivity index (χ0v) is 12.6. The van der Waals surface area contributed by atoms with Crippen molar-refractivity contribution in [2.75, 3.05) is 20.3 Å². The minimum absolute atomic E-state index is 0.0735. The van der Waals surface area contributed by atoms with E-state index in [0.717, 1.165) is 22.0 Å². The van der Waals surface area contributed by atoms with Gasteiger partial charge in [0.1, 0.15) is 0 Å². The van der Waals surface area contributed by atoms with Gasteiger partial charge in [-0.1, -0.05) is 13.0 Å². The molecule has 4 heteroatoms.